The van der Waals surface area contributed by atoms with Crippen LogP contribution in [0.5, 0.6) is 0 Å². The lowest BCUT2D eigenvalue weighted by Gasteiger charge is -2.47. The molecule has 4 atom stereocenters. The summed E-state index contributed by atoms with van der Waals surface area (Å²) in [5.74, 6) is 0.960. The van der Waals surface area contributed by atoms with E-state index in [2.05, 4.69) is 11.8 Å². The van der Waals surface area contributed by atoms with Crippen LogP contribution in [0, 0.1) is 11.3 Å². The van der Waals surface area contributed by atoms with Crippen molar-refractivity contribution < 1.29 is 9.53 Å². The van der Waals surface area contributed by atoms with Gasteiger partial charge in [-0.05, 0) is 89.1 Å². The van der Waals surface area contributed by atoms with Crippen LogP contribution in [0.25, 0.3) is 0 Å². The van der Waals surface area contributed by atoms with Crippen LogP contribution in [0.2, 0.25) is 0 Å². The first kappa shape index (κ1) is 19.3. The molecule has 0 N–H and O–H groups in total. The Morgan fingerprint density at radius 2 is 2.07 bits per heavy atom. The zero-order chi connectivity index (χ0) is 19.0. The third-order valence-corrected chi connectivity index (χ3v) is 7.92. The molecule has 1 saturated heterocycles. The highest BCUT2D eigenvalue weighted by Gasteiger charge is 2.63. The summed E-state index contributed by atoms with van der Waals surface area (Å²) in [6, 6.07) is 0.793. The average molecular weight is 375 g/mol. The summed E-state index contributed by atoms with van der Waals surface area (Å²) in [4.78, 5) is 16.8. The van der Waals surface area contributed by atoms with Crippen molar-refractivity contribution in [3.05, 3.63) is 11.1 Å². The first-order chi connectivity index (χ1) is 13.1. The summed E-state index contributed by atoms with van der Waals surface area (Å²) >= 11 is 0. The molecule has 4 heteroatoms. The molecule has 1 aliphatic heterocycles. The lowest BCUT2D eigenvalue weighted by molar-refractivity contribution is 0.0531. The maximum absolute atomic E-state index is 12.3. The number of likely N-dealkylation sites (tertiary alicyclic amines) is 1. The van der Waals surface area contributed by atoms with Gasteiger partial charge < -0.3 is 9.64 Å². The summed E-state index contributed by atoms with van der Waals surface area (Å²) in [6.07, 6.45) is 12.4. The van der Waals surface area contributed by atoms with Crippen molar-refractivity contribution in [2.75, 3.05) is 26.7 Å². The highest BCUT2D eigenvalue weighted by Crippen LogP contribution is 2.67. The van der Waals surface area contributed by atoms with Crippen LogP contribution in [0.1, 0.15) is 78.1 Å². The van der Waals surface area contributed by atoms with E-state index in [1.165, 1.54) is 64.5 Å². The predicted molar refractivity (Wildman–Crippen MR) is 109 cm³/mol. The summed E-state index contributed by atoms with van der Waals surface area (Å²) in [5, 5.41) is 0. The molecule has 3 aliphatic carbocycles. The van der Waals surface area contributed by atoms with Crippen molar-refractivity contribution in [2.24, 2.45) is 11.3 Å². The molecule has 0 radical (unpaired) electrons. The maximum Gasteiger partial charge on any atom is 0.409 e. The molecular formula is C23H38N2O2. The van der Waals surface area contributed by atoms with Crippen molar-refractivity contribution >= 4 is 6.09 Å². The van der Waals surface area contributed by atoms with E-state index in [4.69, 9.17) is 4.74 Å². The van der Waals surface area contributed by atoms with E-state index in [-0.39, 0.29) is 12.2 Å². The Kier molecular flexibility index (Phi) is 5.55. The van der Waals surface area contributed by atoms with Gasteiger partial charge in [0, 0.05) is 26.1 Å². The quantitative estimate of drug-likeness (QED) is 0.650. The third kappa shape index (κ3) is 3.66. The van der Waals surface area contributed by atoms with E-state index in [0.717, 1.165) is 24.8 Å². The van der Waals surface area contributed by atoms with Gasteiger partial charge in [-0.25, -0.2) is 4.79 Å². The van der Waals surface area contributed by atoms with Crippen LogP contribution in [0.4, 0.5) is 4.79 Å². The van der Waals surface area contributed by atoms with Gasteiger partial charge in [-0.1, -0.05) is 18.1 Å². The fraction of sp³-hybridized carbons (Fsp3) is 0.870. The SMILES string of the molecule is CCCN1CCC2CC23CC2=C(CCCCC(OC(=O)N(C)CC)C2)C[C@@H]13. The monoisotopic (exact) mass is 374 g/mol. The molecule has 4 aliphatic rings. The number of nitrogens with zero attached hydrogens (tertiary/aromatic N) is 2. The van der Waals surface area contributed by atoms with E-state index < -0.39 is 0 Å². The molecule has 1 saturated carbocycles. The van der Waals surface area contributed by atoms with Crippen LogP contribution < -0.4 is 0 Å². The van der Waals surface area contributed by atoms with Crippen molar-refractivity contribution in [3.8, 4) is 0 Å². The van der Waals surface area contributed by atoms with Crippen LogP contribution >= 0.6 is 0 Å². The van der Waals surface area contributed by atoms with Crippen molar-refractivity contribution in [3.63, 3.8) is 0 Å². The van der Waals surface area contributed by atoms with Gasteiger partial charge in [-0.15, -0.1) is 0 Å². The molecule has 152 valence electrons. The van der Waals surface area contributed by atoms with Crippen molar-refractivity contribution in [1.29, 1.82) is 0 Å². The molecule has 2 fully saturated rings. The van der Waals surface area contributed by atoms with Gasteiger partial charge >= 0.3 is 6.09 Å². The number of carbonyl (C=O) groups is 1. The highest BCUT2D eigenvalue weighted by molar-refractivity contribution is 5.67. The van der Waals surface area contributed by atoms with E-state index in [9.17, 15) is 4.79 Å². The summed E-state index contributed by atoms with van der Waals surface area (Å²) < 4.78 is 5.91. The number of piperidine rings is 1. The van der Waals surface area contributed by atoms with Crippen LogP contribution in [-0.2, 0) is 4.74 Å². The number of hydrogen-bond donors (Lipinski definition) is 0. The molecule has 4 rings (SSSR count). The number of carbonyl (C=O) groups excluding carboxylic acids is 1. The van der Waals surface area contributed by atoms with Gasteiger partial charge in [-0.3, -0.25) is 4.90 Å². The zero-order valence-electron chi connectivity index (χ0n) is 17.6. The number of rotatable bonds is 4. The Morgan fingerprint density at radius 3 is 2.85 bits per heavy atom. The third-order valence-electron chi connectivity index (χ3n) is 7.92. The van der Waals surface area contributed by atoms with E-state index in [1.807, 2.05) is 14.0 Å². The van der Waals surface area contributed by atoms with Gasteiger partial charge in [-0.2, -0.15) is 0 Å². The zero-order valence-corrected chi connectivity index (χ0v) is 17.6. The smallest absolute Gasteiger partial charge is 0.409 e. The summed E-state index contributed by atoms with van der Waals surface area (Å²) in [6.45, 7) is 7.61. The van der Waals surface area contributed by atoms with E-state index in [1.54, 1.807) is 16.0 Å². The van der Waals surface area contributed by atoms with E-state index >= 15 is 0 Å². The highest BCUT2D eigenvalue weighted by atomic mass is 16.6. The molecule has 4 nitrogen and oxygen atoms in total. The standard InChI is InChI=1S/C23H38N2O2/c1-4-11-25-12-10-19-16-23(19)15-18-13-20(27-22(26)24(3)5-2)9-7-6-8-17(18)14-21(23)25/h19-21H,4-16H2,1-3H3/t19?,20?,21-,23?/m1/s1. The van der Waals surface area contributed by atoms with E-state index in [0.29, 0.717) is 12.0 Å². The largest absolute Gasteiger partial charge is 0.446 e. The summed E-state index contributed by atoms with van der Waals surface area (Å²) in [5.41, 5.74) is 3.97. The van der Waals surface area contributed by atoms with Gasteiger partial charge in [0.25, 0.3) is 0 Å². The minimum Gasteiger partial charge on any atom is -0.446 e. The normalized spacial score (nSPS) is 36.0. The Labute approximate surface area is 165 Å². The predicted octanol–water partition coefficient (Wildman–Crippen LogP) is 4.99. The molecule has 0 aromatic carbocycles. The lowest BCUT2D eigenvalue weighted by Crippen LogP contribution is -2.49. The average Bonchev–Trinajstić information content (AvgIpc) is 3.36. The minimum atomic E-state index is -0.145. The molecular weight excluding hydrogens is 336 g/mol. The molecule has 1 spiro atoms. The Bertz CT molecular complexity index is 601. The fourth-order valence-electron chi connectivity index (χ4n) is 6.20. The molecule has 0 bridgehead atoms. The molecule has 3 unspecified atom stereocenters. The van der Waals surface area contributed by atoms with Crippen molar-refractivity contribution in [2.45, 2.75) is 90.2 Å². The minimum absolute atomic E-state index is 0.0808. The fourth-order valence-corrected chi connectivity index (χ4v) is 6.20. The number of ether oxygens (including phenoxy) is 1. The van der Waals surface area contributed by atoms with Crippen LogP contribution in [-0.4, -0.2) is 54.7 Å². The van der Waals surface area contributed by atoms with Gasteiger partial charge in [0.1, 0.15) is 6.10 Å². The molecule has 1 heterocycles. The molecule has 1 amide bonds. The maximum atomic E-state index is 12.3. The Balaban J connectivity index is 1.51. The molecule has 0 aromatic heterocycles. The first-order valence-corrected chi connectivity index (χ1v) is 11.4. The lowest BCUT2D eigenvalue weighted by atomic mass is 9.70. The van der Waals surface area contributed by atoms with Crippen molar-refractivity contribution in [1.82, 2.24) is 9.80 Å². The molecule has 27 heavy (non-hydrogen) atoms. The number of amides is 1. The second-order valence-corrected chi connectivity index (χ2v) is 9.53. The summed E-state index contributed by atoms with van der Waals surface area (Å²) in [7, 11) is 1.83. The Morgan fingerprint density at radius 1 is 1.22 bits per heavy atom. The van der Waals surface area contributed by atoms with Crippen LogP contribution in [0.15, 0.2) is 11.1 Å². The van der Waals surface area contributed by atoms with Gasteiger partial charge in [0.2, 0.25) is 0 Å². The van der Waals surface area contributed by atoms with Crippen LogP contribution in [0.3, 0.4) is 0 Å². The topological polar surface area (TPSA) is 32.8 Å². The first-order valence-electron chi connectivity index (χ1n) is 11.4. The second-order valence-electron chi connectivity index (χ2n) is 9.53. The van der Waals surface area contributed by atoms with Gasteiger partial charge in [0.05, 0.1) is 0 Å². The van der Waals surface area contributed by atoms with Gasteiger partial charge in [0.15, 0.2) is 0 Å². The number of hydrogen-bond acceptors (Lipinski definition) is 3. The second kappa shape index (κ2) is 7.77. The molecule has 0 aromatic rings. The Hall–Kier alpha value is -1.03.